The highest BCUT2D eigenvalue weighted by atomic mass is 15.3. The first-order valence-corrected chi connectivity index (χ1v) is 8.85. The summed E-state index contributed by atoms with van der Waals surface area (Å²) in [5, 5.41) is 16.5. The monoisotopic (exact) mass is 349 g/mol. The van der Waals surface area contributed by atoms with Crippen LogP contribution >= 0.6 is 0 Å². The van der Waals surface area contributed by atoms with E-state index >= 15 is 0 Å². The molecule has 3 N–H and O–H groups in total. The van der Waals surface area contributed by atoms with Gasteiger partial charge in [-0.15, -0.1) is 0 Å². The Kier molecular flexibility index (Phi) is 3.86. The topological polar surface area (TPSA) is 97.9 Å². The van der Waals surface area contributed by atoms with Gasteiger partial charge in [0.05, 0.1) is 41.5 Å². The molecule has 7 nitrogen and oxygen atoms in total. The van der Waals surface area contributed by atoms with Crippen molar-refractivity contribution in [2.75, 3.05) is 0 Å². The fourth-order valence-electron chi connectivity index (χ4n) is 3.92. The van der Waals surface area contributed by atoms with Crippen molar-refractivity contribution in [3.63, 3.8) is 0 Å². The highest BCUT2D eigenvalue weighted by Gasteiger charge is 2.36. The second kappa shape index (κ2) is 6.09. The first-order valence-electron chi connectivity index (χ1n) is 8.85. The number of nitrogens with two attached hydrogens (primary N) is 1. The summed E-state index contributed by atoms with van der Waals surface area (Å²) in [4.78, 5) is 4.75. The van der Waals surface area contributed by atoms with Gasteiger partial charge < -0.3 is 11.1 Å². The van der Waals surface area contributed by atoms with E-state index in [4.69, 9.17) is 16.1 Å². The molecule has 1 saturated carbocycles. The minimum absolute atomic E-state index is 0.250. The Morgan fingerprint density at radius 1 is 1.35 bits per heavy atom. The number of aromatic nitrogens is 5. The van der Waals surface area contributed by atoms with Crippen LogP contribution in [-0.4, -0.2) is 30.6 Å². The normalized spacial score (nSPS) is 19.9. The fourth-order valence-corrected chi connectivity index (χ4v) is 3.92. The van der Waals surface area contributed by atoms with E-state index < -0.39 is 0 Å². The number of hydrogen-bond acceptors (Lipinski definition) is 5. The van der Waals surface area contributed by atoms with Gasteiger partial charge in [0.25, 0.3) is 0 Å². The van der Waals surface area contributed by atoms with E-state index in [-0.39, 0.29) is 5.41 Å². The van der Waals surface area contributed by atoms with Crippen LogP contribution < -0.4 is 5.73 Å². The minimum Gasteiger partial charge on any atom is -0.404 e. The van der Waals surface area contributed by atoms with Gasteiger partial charge in [-0.25, -0.2) is 9.50 Å². The first-order chi connectivity index (χ1) is 12.5. The molecule has 1 fully saturated rings. The SMILES string of the molecule is CC1(C)CCCC1n1cc(-c2nc(/C(C=N)=C/N)cn3nccc23)cn1. The molecule has 1 atom stereocenters. The second-order valence-corrected chi connectivity index (χ2v) is 7.51. The van der Waals surface area contributed by atoms with Crippen molar-refractivity contribution in [3.05, 3.63) is 42.7 Å². The Morgan fingerprint density at radius 3 is 2.88 bits per heavy atom. The third kappa shape index (κ3) is 2.60. The number of fused-ring (bicyclic) bond motifs is 1. The van der Waals surface area contributed by atoms with Crippen LogP contribution in [0.2, 0.25) is 0 Å². The van der Waals surface area contributed by atoms with Crippen molar-refractivity contribution in [1.29, 1.82) is 5.41 Å². The Morgan fingerprint density at radius 2 is 2.19 bits per heavy atom. The van der Waals surface area contributed by atoms with Crippen molar-refractivity contribution in [2.24, 2.45) is 11.1 Å². The maximum absolute atomic E-state index is 7.55. The molecule has 134 valence electrons. The average Bonchev–Trinajstić information content (AvgIpc) is 3.33. The Balaban J connectivity index is 1.82. The largest absolute Gasteiger partial charge is 0.404 e. The smallest absolute Gasteiger partial charge is 0.0999 e. The number of hydrogen-bond donors (Lipinski definition) is 2. The van der Waals surface area contributed by atoms with Crippen molar-refractivity contribution in [2.45, 2.75) is 39.2 Å². The Hall–Kier alpha value is -2.96. The van der Waals surface area contributed by atoms with Gasteiger partial charge in [-0.1, -0.05) is 20.3 Å². The zero-order chi connectivity index (χ0) is 18.3. The summed E-state index contributed by atoms with van der Waals surface area (Å²) in [6, 6.07) is 2.33. The van der Waals surface area contributed by atoms with E-state index in [1.54, 1.807) is 16.9 Å². The summed E-state index contributed by atoms with van der Waals surface area (Å²) in [5.74, 6) is 0. The number of nitrogens with zero attached hydrogens (tertiary/aromatic N) is 5. The van der Waals surface area contributed by atoms with Crippen LogP contribution in [0.5, 0.6) is 0 Å². The predicted octanol–water partition coefficient (Wildman–Crippen LogP) is 3.29. The lowest BCUT2D eigenvalue weighted by Crippen LogP contribution is -2.21. The summed E-state index contributed by atoms with van der Waals surface area (Å²) >= 11 is 0. The third-order valence-electron chi connectivity index (χ3n) is 5.42. The molecule has 3 heterocycles. The van der Waals surface area contributed by atoms with Crippen LogP contribution in [0.15, 0.2) is 37.1 Å². The van der Waals surface area contributed by atoms with E-state index in [1.165, 1.54) is 25.3 Å². The molecule has 3 aromatic rings. The van der Waals surface area contributed by atoms with Crippen LogP contribution in [0.4, 0.5) is 0 Å². The lowest BCUT2D eigenvalue weighted by molar-refractivity contribution is 0.243. The number of nitrogens with one attached hydrogen (secondary N) is 1. The molecule has 1 unspecified atom stereocenters. The molecular weight excluding hydrogens is 326 g/mol. The van der Waals surface area contributed by atoms with Crippen molar-refractivity contribution in [1.82, 2.24) is 24.4 Å². The number of rotatable bonds is 4. The van der Waals surface area contributed by atoms with Crippen molar-refractivity contribution >= 4 is 17.3 Å². The van der Waals surface area contributed by atoms with Gasteiger partial charge in [0.1, 0.15) is 0 Å². The van der Waals surface area contributed by atoms with Crippen LogP contribution in [0, 0.1) is 10.8 Å². The molecule has 0 amide bonds. The zero-order valence-electron chi connectivity index (χ0n) is 15.1. The standard InChI is InChI=1S/C19H23N7/c1-19(2)6-3-4-17(19)26-11-14(10-23-26)18-16-5-7-22-25(16)12-15(24-18)13(8-20)9-21/h5,7-12,17,20H,3-4,6,21H2,1-2H3/b13-9+,20-8?. The second-order valence-electron chi connectivity index (χ2n) is 7.51. The quantitative estimate of drug-likeness (QED) is 0.706. The molecule has 3 aromatic heterocycles. The van der Waals surface area contributed by atoms with Gasteiger partial charge in [0, 0.05) is 29.7 Å². The molecular formula is C19H23N7. The molecule has 1 aliphatic rings. The zero-order valence-corrected chi connectivity index (χ0v) is 15.1. The lowest BCUT2D eigenvalue weighted by Gasteiger charge is -2.27. The van der Waals surface area contributed by atoms with Crippen molar-refractivity contribution in [3.8, 4) is 11.3 Å². The molecule has 0 aromatic carbocycles. The van der Waals surface area contributed by atoms with Gasteiger partial charge >= 0.3 is 0 Å². The highest BCUT2D eigenvalue weighted by Crippen LogP contribution is 2.45. The van der Waals surface area contributed by atoms with E-state index in [9.17, 15) is 0 Å². The number of allylic oxidation sites excluding steroid dienone is 1. The van der Waals surface area contributed by atoms with Crippen molar-refractivity contribution < 1.29 is 0 Å². The molecule has 7 heteroatoms. The van der Waals surface area contributed by atoms with E-state index in [0.29, 0.717) is 17.3 Å². The van der Waals surface area contributed by atoms with Gasteiger partial charge in [-0.05, 0) is 24.3 Å². The molecule has 0 bridgehead atoms. The fraction of sp³-hybridized carbons (Fsp3) is 0.368. The van der Waals surface area contributed by atoms with Gasteiger partial charge in [-0.2, -0.15) is 10.2 Å². The van der Waals surface area contributed by atoms with E-state index in [0.717, 1.165) is 23.2 Å². The van der Waals surface area contributed by atoms with Gasteiger partial charge in [-0.3, -0.25) is 4.68 Å². The Labute approximate surface area is 152 Å². The van der Waals surface area contributed by atoms with E-state index in [1.807, 2.05) is 12.3 Å². The summed E-state index contributed by atoms with van der Waals surface area (Å²) in [6.07, 6.45) is 13.7. The molecule has 0 spiro atoms. The summed E-state index contributed by atoms with van der Waals surface area (Å²) < 4.78 is 3.85. The maximum Gasteiger partial charge on any atom is 0.0999 e. The maximum atomic E-state index is 7.55. The average molecular weight is 349 g/mol. The molecule has 0 radical (unpaired) electrons. The van der Waals surface area contributed by atoms with Crippen LogP contribution in [0.25, 0.3) is 22.3 Å². The van der Waals surface area contributed by atoms with Crippen LogP contribution in [0.1, 0.15) is 44.8 Å². The highest BCUT2D eigenvalue weighted by molar-refractivity contribution is 6.07. The lowest BCUT2D eigenvalue weighted by atomic mass is 9.87. The predicted molar refractivity (Wildman–Crippen MR) is 102 cm³/mol. The molecule has 1 aliphatic carbocycles. The molecule has 0 aliphatic heterocycles. The first kappa shape index (κ1) is 16.5. The molecule has 26 heavy (non-hydrogen) atoms. The van der Waals surface area contributed by atoms with Crippen LogP contribution in [0.3, 0.4) is 0 Å². The third-order valence-corrected chi connectivity index (χ3v) is 5.42. The summed E-state index contributed by atoms with van der Waals surface area (Å²) in [5.41, 5.74) is 9.70. The molecule has 0 saturated heterocycles. The minimum atomic E-state index is 0.250. The van der Waals surface area contributed by atoms with Gasteiger partial charge in [0.2, 0.25) is 0 Å². The van der Waals surface area contributed by atoms with Gasteiger partial charge in [0.15, 0.2) is 0 Å². The summed E-state index contributed by atoms with van der Waals surface area (Å²) in [7, 11) is 0. The Bertz CT molecular complexity index is 992. The van der Waals surface area contributed by atoms with E-state index in [2.05, 4.69) is 34.9 Å². The molecule has 4 rings (SSSR count). The van der Waals surface area contributed by atoms with Crippen LogP contribution in [-0.2, 0) is 0 Å². The summed E-state index contributed by atoms with van der Waals surface area (Å²) in [6.45, 7) is 4.62.